The van der Waals surface area contributed by atoms with Gasteiger partial charge in [0.05, 0.1) is 25.0 Å². The lowest BCUT2D eigenvalue weighted by atomic mass is 10.1. The zero-order valence-electron chi connectivity index (χ0n) is 9.32. The van der Waals surface area contributed by atoms with Crippen molar-refractivity contribution in [2.45, 2.75) is 19.6 Å². The summed E-state index contributed by atoms with van der Waals surface area (Å²) in [6.07, 6.45) is 0.0971. The molecule has 0 radical (unpaired) electrons. The molecule has 1 atom stereocenters. The van der Waals surface area contributed by atoms with Gasteiger partial charge >= 0.3 is 0 Å². The summed E-state index contributed by atoms with van der Waals surface area (Å²) in [6, 6.07) is 4.79. The average Bonchev–Trinajstić information content (AvgIpc) is 2.28. The minimum atomic E-state index is -0.277. The molecule has 3 nitrogen and oxygen atoms in total. The van der Waals surface area contributed by atoms with Gasteiger partial charge in [0.2, 0.25) is 0 Å². The van der Waals surface area contributed by atoms with Crippen LogP contribution in [-0.4, -0.2) is 30.9 Å². The monoisotopic (exact) mass is 225 g/mol. The molecule has 4 heteroatoms. The third-order valence-corrected chi connectivity index (χ3v) is 2.80. The van der Waals surface area contributed by atoms with Crippen molar-refractivity contribution in [1.29, 1.82) is 0 Å². The number of para-hydroxylation sites is 1. The Hall–Kier alpha value is -1.13. The molecule has 1 heterocycles. The molecule has 16 heavy (non-hydrogen) atoms. The van der Waals surface area contributed by atoms with E-state index in [1.807, 2.05) is 11.8 Å². The fourth-order valence-electron chi connectivity index (χ4n) is 2.06. The van der Waals surface area contributed by atoms with E-state index in [4.69, 9.17) is 4.74 Å². The second-order valence-corrected chi connectivity index (χ2v) is 4.03. The molecule has 1 unspecified atom stereocenters. The maximum absolute atomic E-state index is 13.8. The molecule has 88 valence electrons. The normalized spacial score (nSPS) is 21.2. The Morgan fingerprint density at radius 2 is 2.38 bits per heavy atom. The van der Waals surface area contributed by atoms with Crippen molar-refractivity contribution in [2.75, 3.05) is 24.6 Å². The van der Waals surface area contributed by atoms with E-state index in [0.29, 0.717) is 30.9 Å². The predicted molar refractivity (Wildman–Crippen MR) is 59.9 cm³/mol. The number of nitrogens with zero attached hydrogens (tertiary/aromatic N) is 1. The lowest BCUT2D eigenvalue weighted by Gasteiger charge is -2.34. The van der Waals surface area contributed by atoms with Gasteiger partial charge in [-0.1, -0.05) is 12.1 Å². The molecule has 2 rings (SSSR count). The number of anilines is 1. The zero-order chi connectivity index (χ0) is 11.5. The largest absolute Gasteiger partial charge is 0.392 e. The molecule has 0 saturated carbocycles. The molecule has 1 aliphatic rings. The molecule has 0 bridgehead atoms. The van der Waals surface area contributed by atoms with Gasteiger partial charge in [-0.3, -0.25) is 0 Å². The Kier molecular flexibility index (Phi) is 3.41. The summed E-state index contributed by atoms with van der Waals surface area (Å²) in [5.74, 6) is -0.277. The lowest BCUT2D eigenvalue weighted by molar-refractivity contribution is 0.0528. The first-order chi connectivity index (χ1) is 7.72. The standard InChI is InChI=1S/C12H16FNO2/c1-9-7-14(5-6-16-9)12-10(8-15)3-2-4-11(12)13/h2-4,9,15H,5-8H2,1H3. The predicted octanol–water partition coefficient (Wildman–Crippen LogP) is 1.54. The van der Waals surface area contributed by atoms with E-state index in [9.17, 15) is 9.50 Å². The van der Waals surface area contributed by atoms with Crippen molar-refractivity contribution >= 4 is 5.69 Å². The van der Waals surface area contributed by atoms with E-state index in [-0.39, 0.29) is 18.5 Å². The summed E-state index contributed by atoms with van der Waals surface area (Å²) >= 11 is 0. The first-order valence-electron chi connectivity index (χ1n) is 5.47. The highest BCUT2D eigenvalue weighted by Gasteiger charge is 2.21. The lowest BCUT2D eigenvalue weighted by Crippen LogP contribution is -2.42. The minimum Gasteiger partial charge on any atom is -0.392 e. The molecule has 1 N–H and O–H groups in total. The topological polar surface area (TPSA) is 32.7 Å². The van der Waals surface area contributed by atoms with Crippen LogP contribution in [0.2, 0.25) is 0 Å². The number of ether oxygens (including phenoxy) is 1. The van der Waals surface area contributed by atoms with Crippen LogP contribution in [0.5, 0.6) is 0 Å². The number of halogens is 1. The second-order valence-electron chi connectivity index (χ2n) is 4.03. The fraction of sp³-hybridized carbons (Fsp3) is 0.500. The maximum atomic E-state index is 13.8. The first kappa shape index (κ1) is 11.4. The number of hydrogen-bond donors (Lipinski definition) is 1. The van der Waals surface area contributed by atoms with Gasteiger partial charge in [-0.25, -0.2) is 4.39 Å². The molecule has 1 aliphatic heterocycles. The number of morpholine rings is 1. The van der Waals surface area contributed by atoms with Crippen LogP contribution in [-0.2, 0) is 11.3 Å². The van der Waals surface area contributed by atoms with Gasteiger partial charge in [-0.05, 0) is 13.0 Å². The van der Waals surface area contributed by atoms with Crippen LogP contribution in [0.4, 0.5) is 10.1 Å². The fourth-order valence-corrected chi connectivity index (χ4v) is 2.06. The highest BCUT2D eigenvalue weighted by molar-refractivity contribution is 5.55. The molecular weight excluding hydrogens is 209 g/mol. The van der Waals surface area contributed by atoms with Crippen LogP contribution >= 0.6 is 0 Å². The number of aliphatic hydroxyl groups is 1. The molecule has 0 aromatic heterocycles. The maximum Gasteiger partial charge on any atom is 0.146 e. The molecule has 1 aromatic rings. The summed E-state index contributed by atoms with van der Waals surface area (Å²) in [5, 5.41) is 9.21. The van der Waals surface area contributed by atoms with Crippen molar-refractivity contribution in [2.24, 2.45) is 0 Å². The van der Waals surface area contributed by atoms with Crippen molar-refractivity contribution in [3.8, 4) is 0 Å². The van der Waals surface area contributed by atoms with E-state index in [1.165, 1.54) is 6.07 Å². The van der Waals surface area contributed by atoms with E-state index < -0.39 is 0 Å². The number of benzene rings is 1. The highest BCUT2D eigenvalue weighted by Crippen LogP contribution is 2.26. The van der Waals surface area contributed by atoms with E-state index in [1.54, 1.807) is 12.1 Å². The average molecular weight is 225 g/mol. The van der Waals surface area contributed by atoms with Crippen LogP contribution in [0.15, 0.2) is 18.2 Å². The van der Waals surface area contributed by atoms with Crippen LogP contribution in [0.3, 0.4) is 0 Å². The molecule has 0 aliphatic carbocycles. The van der Waals surface area contributed by atoms with Crippen LogP contribution in [0.1, 0.15) is 12.5 Å². The van der Waals surface area contributed by atoms with Gasteiger partial charge in [0.15, 0.2) is 0 Å². The van der Waals surface area contributed by atoms with E-state index in [0.717, 1.165) is 0 Å². The third-order valence-electron chi connectivity index (χ3n) is 2.80. The number of hydrogen-bond acceptors (Lipinski definition) is 3. The molecule has 0 spiro atoms. The summed E-state index contributed by atoms with van der Waals surface area (Å²) in [7, 11) is 0. The zero-order valence-corrected chi connectivity index (χ0v) is 9.32. The van der Waals surface area contributed by atoms with Gasteiger partial charge in [-0.15, -0.1) is 0 Å². The molecule has 1 aromatic carbocycles. The van der Waals surface area contributed by atoms with E-state index in [2.05, 4.69) is 0 Å². The first-order valence-corrected chi connectivity index (χ1v) is 5.47. The third kappa shape index (κ3) is 2.18. The highest BCUT2D eigenvalue weighted by atomic mass is 19.1. The Balaban J connectivity index is 2.30. The Bertz CT molecular complexity index is 370. The minimum absolute atomic E-state index is 0.0971. The summed E-state index contributed by atoms with van der Waals surface area (Å²) < 4.78 is 19.2. The van der Waals surface area contributed by atoms with Crippen molar-refractivity contribution < 1.29 is 14.2 Å². The summed E-state index contributed by atoms with van der Waals surface area (Å²) in [5.41, 5.74) is 1.15. The van der Waals surface area contributed by atoms with Crippen LogP contribution in [0, 0.1) is 5.82 Å². The second kappa shape index (κ2) is 4.80. The number of rotatable bonds is 2. The molecule has 1 saturated heterocycles. The van der Waals surface area contributed by atoms with Gasteiger partial charge in [0.1, 0.15) is 5.82 Å². The quantitative estimate of drug-likeness (QED) is 0.828. The van der Waals surface area contributed by atoms with Gasteiger partial charge in [0.25, 0.3) is 0 Å². The SMILES string of the molecule is CC1CN(c2c(F)cccc2CO)CCO1. The van der Waals surface area contributed by atoms with Crippen LogP contribution in [0.25, 0.3) is 0 Å². The van der Waals surface area contributed by atoms with Crippen molar-refractivity contribution in [3.05, 3.63) is 29.6 Å². The van der Waals surface area contributed by atoms with Crippen LogP contribution < -0.4 is 4.90 Å². The van der Waals surface area contributed by atoms with Crippen molar-refractivity contribution in [3.63, 3.8) is 0 Å². The Labute approximate surface area is 94.4 Å². The molecule has 0 amide bonds. The smallest absolute Gasteiger partial charge is 0.146 e. The van der Waals surface area contributed by atoms with Gasteiger partial charge < -0.3 is 14.7 Å². The molecular formula is C12H16FNO2. The number of aliphatic hydroxyl groups excluding tert-OH is 1. The molecule has 1 fully saturated rings. The summed E-state index contributed by atoms with van der Waals surface area (Å²) in [4.78, 5) is 1.94. The van der Waals surface area contributed by atoms with Gasteiger partial charge in [0, 0.05) is 18.7 Å². The Morgan fingerprint density at radius 3 is 3.06 bits per heavy atom. The Morgan fingerprint density at radius 1 is 1.56 bits per heavy atom. The summed E-state index contributed by atoms with van der Waals surface area (Å²) in [6.45, 7) is 3.75. The van der Waals surface area contributed by atoms with E-state index >= 15 is 0 Å². The van der Waals surface area contributed by atoms with Crippen molar-refractivity contribution in [1.82, 2.24) is 0 Å². The van der Waals surface area contributed by atoms with Gasteiger partial charge in [-0.2, -0.15) is 0 Å².